The highest BCUT2D eigenvalue weighted by Gasteiger charge is 2.16. The van der Waals surface area contributed by atoms with Gasteiger partial charge in [-0.25, -0.2) is 0 Å². The topological polar surface area (TPSA) is 60.1 Å². The Kier molecular flexibility index (Phi) is 3.90. The second-order valence-corrected chi connectivity index (χ2v) is 4.61. The van der Waals surface area contributed by atoms with Crippen molar-refractivity contribution in [3.63, 3.8) is 0 Å². The maximum atomic E-state index is 12.2. The van der Waals surface area contributed by atoms with Crippen molar-refractivity contribution < 1.29 is 4.79 Å². The Balaban J connectivity index is 2.15. The first-order valence-corrected chi connectivity index (χ1v) is 6.39. The van der Waals surface area contributed by atoms with E-state index in [2.05, 4.69) is 12.2 Å². The van der Waals surface area contributed by atoms with E-state index in [0.29, 0.717) is 11.4 Å². The highest BCUT2D eigenvalue weighted by atomic mass is 16.2. The van der Waals surface area contributed by atoms with Crippen molar-refractivity contribution in [3.8, 4) is 0 Å². The summed E-state index contributed by atoms with van der Waals surface area (Å²) in [6.45, 7) is 2.05. The van der Waals surface area contributed by atoms with Crippen LogP contribution in [0.25, 0.3) is 0 Å². The Morgan fingerprint density at radius 1 is 1.37 bits per heavy atom. The Labute approximate surface area is 113 Å². The minimum absolute atomic E-state index is 0.0184. The molecule has 0 fully saturated rings. The van der Waals surface area contributed by atoms with Gasteiger partial charge >= 0.3 is 0 Å². The fraction of sp³-hybridized carbons (Fsp3) is 0.267. The van der Waals surface area contributed by atoms with Crippen molar-refractivity contribution in [2.24, 2.45) is 7.05 Å². The van der Waals surface area contributed by atoms with Crippen LogP contribution in [0, 0.1) is 0 Å². The summed E-state index contributed by atoms with van der Waals surface area (Å²) in [7, 11) is 1.81. The summed E-state index contributed by atoms with van der Waals surface area (Å²) in [6.07, 6.45) is 2.58. The lowest BCUT2D eigenvalue weighted by atomic mass is 10.0. The number of carbonyl (C=O) groups excluding carboxylic acids is 1. The molecule has 4 nitrogen and oxygen atoms in total. The van der Waals surface area contributed by atoms with Gasteiger partial charge in [-0.2, -0.15) is 0 Å². The number of anilines is 1. The van der Waals surface area contributed by atoms with Crippen molar-refractivity contribution >= 4 is 11.6 Å². The molecule has 1 aromatic carbocycles. The van der Waals surface area contributed by atoms with Crippen molar-refractivity contribution in [1.82, 2.24) is 9.88 Å². The third kappa shape index (κ3) is 2.96. The summed E-state index contributed by atoms with van der Waals surface area (Å²) in [4.78, 5) is 12.2. The average molecular weight is 257 g/mol. The normalized spacial score (nSPS) is 12.1. The van der Waals surface area contributed by atoms with E-state index in [9.17, 15) is 4.79 Å². The van der Waals surface area contributed by atoms with Crippen LogP contribution >= 0.6 is 0 Å². The number of nitrogen functional groups attached to an aromatic ring is 1. The number of aryl methyl sites for hydroxylation is 1. The zero-order valence-electron chi connectivity index (χ0n) is 11.3. The van der Waals surface area contributed by atoms with Crippen molar-refractivity contribution in [1.29, 1.82) is 0 Å². The molecule has 0 aliphatic rings. The summed E-state index contributed by atoms with van der Waals surface area (Å²) in [5.74, 6) is -0.102. The molecular formula is C15H19N3O. The fourth-order valence-corrected chi connectivity index (χ4v) is 2.15. The van der Waals surface area contributed by atoms with Crippen LogP contribution in [0.3, 0.4) is 0 Å². The molecule has 1 atom stereocenters. The first-order chi connectivity index (χ1) is 9.11. The van der Waals surface area contributed by atoms with E-state index in [1.54, 1.807) is 16.8 Å². The van der Waals surface area contributed by atoms with E-state index in [0.717, 1.165) is 12.0 Å². The fourth-order valence-electron chi connectivity index (χ4n) is 2.15. The summed E-state index contributed by atoms with van der Waals surface area (Å²) in [6, 6.07) is 11.7. The van der Waals surface area contributed by atoms with E-state index in [4.69, 9.17) is 5.73 Å². The highest BCUT2D eigenvalue weighted by Crippen LogP contribution is 2.17. The number of hydrogen-bond acceptors (Lipinski definition) is 2. The van der Waals surface area contributed by atoms with Crippen LogP contribution in [0.4, 0.5) is 5.69 Å². The lowest BCUT2D eigenvalue weighted by Gasteiger charge is -2.17. The molecule has 19 heavy (non-hydrogen) atoms. The van der Waals surface area contributed by atoms with Crippen molar-refractivity contribution in [3.05, 3.63) is 53.9 Å². The van der Waals surface area contributed by atoms with Gasteiger partial charge in [0.2, 0.25) is 0 Å². The Morgan fingerprint density at radius 2 is 2.05 bits per heavy atom. The number of nitrogens with one attached hydrogen (secondary N) is 1. The number of rotatable bonds is 4. The van der Waals surface area contributed by atoms with Crippen LogP contribution in [0.1, 0.15) is 35.4 Å². The zero-order valence-corrected chi connectivity index (χ0v) is 11.3. The molecule has 0 aliphatic carbocycles. The number of hydrogen-bond donors (Lipinski definition) is 2. The highest BCUT2D eigenvalue weighted by molar-refractivity contribution is 5.94. The summed E-state index contributed by atoms with van der Waals surface area (Å²) in [5, 5.41) is 3.04. The molecule has 1 unspecified atom stereocenters. The number of carbonyl (C=O) groups is 1. The second kappa shape index (κ2) is 5.61. The number of aromatic nitrogens is 1. The lowest BCUT2D eigenvalue weighted by Crippen LogP contribution is -2.29. The number of nitrogens with zero attached hydrogens (tertiary/aromatic N) is 1. The Morgan fingerprint density at radius 3 is 2.58 bits per heavy atom. The first kappa shape index (κ1) is 13.2. The summed E-state index contributed by atoms with van der Waals surface area (Å²) < 4.78 is 1.74. The molecule has 3 N–H and O–H groups in total. The molecular weight excluding hydrogens is 238 g/mol. The van der Waals surface area contributed by atoms with Gasteiger partial charge in [-0.05, 0) is 18.1 Å². The number of benzene rings is 1. The molecule has 0 radical (unpaired) electrons. The molecule has 0 aliphatic heterocycles. The molecule has 100 valence electrons. The van der Waals surface area contributed by atoms with Crippen molar-refractivity contribution in [2.45, 2.75) is 19.4 Å². The third-order valence-corrected chi connectivity index (χ3v) is 3.17. The van der Waals surface area contributed by atoms with Gasteiger partial charge in [-0.15, -0.1) is 0 Å². The Hall–Kier alpha value is -2.23. The minimum atomic E-state index is -0.102. The van der Waals surface area contributed by atoms with E-state index < -0.39 is 0 Å². The smallest absolute Gasteiger partial charge is 0.268 e. The average Bonchev–Trinajstić information content (AvgIpc) is 2.76. The van der Waals surface area contributed by atoms with E-state index in [1.807, 2.05) is 37.4 Å². The molecule has 4 heteroatoms. The molecule has 1 amide bonds. The zero-order chi connectivity index (χ0) is 13.8. The van der Waals surface area contributed by atoms with E-state index in [-0.39, 0.29) is 11.9 Å². The monoisotopic (exact) mass is 257 g/mol. The molecule has 1 heterocycles. The largest absolute Gasteiger partial charge is 0.397 e. The van der Waals surface area contributed by atoms with Gasteiger partial charge < -0.3 is 15.6 Å². The predicted octanol–water partition coefficient (Wildman–Crippen LogP) is 2.49. The van der Waals surface area contributed by atoms with Crippen LogP contribution in [-0.2, 0) is 7.05 Å². The van der Waals surface area contributed by atoms with Gasteiger partial charge in [0, 0.05) is 13.2 Å². The van der Waals surface area contributed by atoms with Gasteiger partial charge in [-0.1, -0.05) is 37.3 Å². The van der Waals surface area contributed by atoms with E-state index >= 15 is 0 Å². The van der Waals surface area contributed by atoms with E-state index in [1.165, 1.54) is 0 Å². The van der Waals surface area contributed by atoms with Crippen LogP contribution in [-0.4, -0.2) is 10.5 Å². The van der Waals surface area contributed by atoms with Crippen LogP contribution < -0.4 is 11.1 Å². The van der Waals surface area contributed by atoms with Gasteiger partial charge in [-0.3, -0.25) is 4.79 Å². The molecule has 1 aromatic heterocycles. The van der Waals surface area contributed by atoms with Gasteiger partial charge in [0.05, 0.1) is 11.7 Å². The Bertz CT molecular complexity index is 560. The van der Waals surface area contributed by atoms with Crippen LogP contribution in [0.15, 0.2) is 42.6 Å². The van der Waals surface area contributed by atoms with Crippen LogP contribution in [0.2, 0.25) is 0 Å². The van der Waals surface area contributed by atoms with Crippen molar-refractivity contribution in [2.75, 3.05) is 5.73 Å². The minimum Gasteiger partial charge on any atom is -0.397 e. The predicted molar refractivity (Wildman–Crippen MR) is 76.8 cm³/mol. The summed E-state index contributed by atoms with van der Waals surface area (Å²) >= 11 is 0. The number of nitrogens with two attached hydrogens (primary N) is 1. The van der Waals surface area contributed by atoms with Gasteiger partial charge in [0.1, 0.15) is 5.69 Å². The second-order valence-electron chi connectivity index (χ2n) is 4.61. The quantitative estimate of drug-likeness (QED) is 0.884. The molecule has 2 rings (SSSR count). The standard InChI is InChI=1S/C15H19N3O/c1-3-13(11-7-5-4-6-8-11)17-15(19)14-9-12(16)10-18(14)2/h4-10,13H,3,16H2,1-2H3,(H,17,19). The first-order valence-electron chi connectivity index (χ1n) is 6.39. The SMILES string of the molecule is CCC(NC(=O)c1cc(N)cn1C)c1ccccc1. The third-order valence-electron chi connectivity index (χ3n) is 3.17. The van der Waals surface area contributed by atoms with Gasteiger partial charge in [0.25, 0.3) is 5.91 Å². The van der Waals surface area contributed by atoms with Crippen LogP contribution in [0.5, 0.6) is 0 Å². The molecule has 2 aromatic rings. The van der Waals surface area contributed by atoms with Gasteiger partial charge in [0.15, 0.2) is 0 Å². The molecule has 0 saturated heterocycles. The maximum absolute atomic E-state index is 12.2. The maximum Gasteiger partial charge on any atom is 0.268 e. The molecule has 0 bridgehead atoms. The molecule has 0 spiro atoms. The number of amides is 1. The summed E-state index contributed by atoms with van der Waals surface area (Å²) in [5.41, 5.74) is 7.98. The lowest BCUT2D eigenvalue weighted by molar-refractivity contribution is 0.0927. The molecule has 0 saturated carbocycles.